The standard InChI is InChI=1S/C17H18N6O/c1-9(15-21-17(18)23-22-15)19-16(24)12-8-14(10-6-7-10)20-13-5-3-2-4-11(12)13/h2-5,8-10H,6-7H2,1H3,(H,19,24)(H3,18,21,22,23). The Morgan fingerprint density at radius 2 is 2.12 bits per heavy atom. The minimum atomic E-state index is -0.321. The number of carbonyl (C=O) groups is 1. The van der Waals surface area contributed by atoms with Crippen molar-refractivity contribution >= 4 is 22.8 Å². The van der Waals surface area contributed by atoms with E-state index >= 15 is 0 Å². The summed E-state index contributed by atoms with van der Waals surface area (Å²) < 4.78 is 0. The average Bonchev–Trinajstić information content (AvgIpc) is 3.34. The first-order chi connectivity index (χ1) is 11.6. The molecule has 7 heteroatoms. The van der Waals surface area contributed by atoms with Crippen LogP contribution in [0.1, 0.15) is 53.6 Å². The molecule has 0 spiro atoms. The van der Waals surface area contributed by atoms with E-state index in [2.05, 4.69) is 20.5 Å². The maximum atomic E-state index is 12.8. The van der Waals surface area contributed by atoms with Crippen LogP contribution in [0.3, 0.4) is 0 Å². The van der Waals surface area contributed by atoms with Gasteiger partial charge in [-0.3, -0.25) is 14.9 Å². The minimum Gasteiger partial charge on any atom is -0.367 e. The van der Waals surface area contributed by atoms with Gasteiger partial charge in [-0.1, -0.05) is 18.2 Å². The van der Waals surface area contributed by atoms with Crippen molar-refractivity contribution in [3.8, 4) is 0 Å². The van der Waals surface area contributed by atoms with Crippen LogP contribution in [-0.4, -0.2) is 26.1 Å². The molecule has 1 aromatic carbocycles. The molecule has 1 aliphatic rings. The Kier molecular flexibility index (Phi) is 3.41. The smallest absolute Gasteiger partial charge is 0.252 e. The average molecular weight is 322 g/mol. The highest BCUT2D eigenvalue weighted by atomic mass is 16.1. The number of hydrogen-bond acceptors (Lipinski definition) is 5. The van der Waals surface area contributed by atoms with Crippen LogP contribution < -0.4 is 11.1 Å². The van der Waals surface area contributed by atoms with Crippen LogP contribution in [-0.2, 0) is 0 Å². The van der Waals surface area contributed by atoms with Crippen LogP contribution in [0, 0.1) is 0 Å². The number of rotatable bonds is 4. The van der Waals surface area contributed by atoms with E-state index in [9.17, 15) is 4.79 Å². The van der Waals surface area contributed by atoms with Crippen LogP contribution in [0.2, 0.25) is 0 Å². The predicted octanol–water partition coefficient (Wildman–Crippen LogP) is 2.30. The summed E-state index contributed by atoms with van der Waals surface area (Å²) in [4.78, 5) is 21.6. The van der Waals surface area contributed by atoms with E-state index in [0.717, 1.165) is 29.4 Å². The quantitative estimate of drug-likeness (QED) is 0.683. The molecule has 1 saturated carbocycles. The molecule has 1 amide bonds. The van der Waals surface area contributed by atoms with Gasteiger partial charge in [-0.05, 0) is 31.9 Å². The van der Waals surface area contributed by atoms with Gasteiger partial charge in [0.05, 0.1) is 17.1 Å². The third kappa shape index (κ3) is 2.68. The monoisotopic (exact) mass is 322 g/mol. The zero-order chi connectivity index (χ0) is 16.7. The number of nitrogens with one attached hydrogen (secondary N) is 2. The Labute approximate surface area is 138 Å². The van der Waals surface area contributed by atoms with Gasteiger partial charge in [0.1, 0.15) is 5.82 Å². The second kappa shape index (κ2) is 5.59. The lowest BCUT2D eigenvalue weighted by molar-refractivity contribution is 0.0940. The van der Waals surface area contributed by atoms with Gasteiger partial charge in [0.15, 0.2) is 0 Å². The van der Waals surface area contributed by atoms with Crippen LogP contribution in [0.15, 0.2) is 30.3 Å². The van der Waals surface area contributed by atoms with Crippen molar-refractivity contribution in [2.45, 2.75) is 31.7 Å². The molecule has 3 aromatic rings. The molecule has 1 atom stereocenters. The predicted molar refractivity (Wildman–Crippen MR) is 90.4 cm³/mol. The van der Waals surface area contributed by atoms with Gasteiger partial charge in [0.2, 0.25) is 5.95 Å². The van der Waals surface area contributed by atoms with Crippen LogP contribution >= 0.6 is 0 Å². The summed E-state index contributed by atoms with van der Waals surface area (Å²) in [6.07, 6.45) is 2.28. The van der Waals surface area contributed by atoms with E-state index in [0.29, 0.717) is 17.3 Å². The Morgan fingerprint density at radius 3 is 2.83 bits per heavy atom. The molecule has 2 aromatic heterocycles. The van der Waals surface area contributed by atoms with E-state index < -0.39 is 0 Å². The van der Waals surface area contributed by atoms with Crippen LogP contribution in [0.25, 0.3) is 10.9 Å². The lowest BCUT2D eigenvalue weighted by Gasteiger charge is -2.13. The van der Waals surface area contributed by atoms with Gasteiger partial charge in [-0.15, -0.1) is 5.10 Å². The fourth-order valence-electron chi connectivity index (χ4n) is 2.80. The zero-order valence-corrected chi connectivity index (χ0v) is 13.3. The van der Waals surface area contributed by atoms with Gasteiger partial charge in [0.25, 0.3) is 5.91 Å². The lowest BCUT2D eigenvalue weighted by Crippen LogP contribution is -2.27. The Hall–Kier alpha value is -2.96. The molecule has 1 unspecified atom stereocenters. The van der Waals surface area contributed by atoms with Gasteiger partial charge in [0, 0.05) is 17.0 Å². The number of carbonyl (C=O) groups excluding carboxylic acids is 1. The molecule has 122 valence electrons. The third-order valence-electron chi connectivity index (χ3n) is 4.25. The van der Waals surface area contributed by atoms with E-state index in [1.165, 1.54) is 0 Å². The summed E-state index contributed by atoms with van der Waals surface area (Å²) in [6.45, 7) is 1.84. The molecule has 1 aliphatic carbocycles. The second-order valence-electron chi connectivity index (χ2n) is 6.16. The maximum Gasteiger partial charge on any atom is 0.252 e. The van der Waals surface area contributed by atoms with E-state index in [-0.39, 0.29) is 17.9 Å². The van der Waals surface area contributed by atoms with Crippen LogP contribution in [0.4, 0.5) is 5.95 Å². The lowest BCUT2D eigenvalue weighted by atomic mass is 10.0. The number of aromatic amines is 1. The van der Waals surface area contributed by atoms with Gasteiger partial charge in [-0.2, -0.15) is 4.98 Å². The molecular formula is C17H18N6O. The normalized spacial score (nSPS) is 15.4. The second-order valence-corrected chi connectivity index (χ2v) is 6.16. The molecule has 2 heterocycles. The number of aromatic nitrogens is 4. The molecule has 1 fully saturated rings. The number of anilines is 1. The summed E-state index contributed by atoms with van der Waals surface area (Å²) in [6, 6.07) is 9.31. The summed E-state index contributed by atoms with van der Waals surface area (Å²) in [5.74, 6) is 1.02. The van der Waals surface area contributed by atoms with Crippen molar-refractivity contribution < 1.29 is 4.79 Å². The maximum absolute atomic E-state index is 12.8. The van der Waals surface area contributed by atoms with Gasteiger partial charge >= 0.3 is 0 Å². The van der Waals surface area contributed by atoms with E-state index in [1.807, 2.05) is 37.3 Å². The fourth-order valence-corrected chi connectivity index (χ4v) is 2.80. The first-order valence-electron chi connectivity index (χ1n) is 8.00. The third-order valence-corrected chi connectivity index (χ3v) is 4.25. The molecule has 0 saturated heterocycles. The largest absolute Gasteiger partial charge is 0.367 e. The molecular weight excluding hydrogens is 304 g/mol. The first kappa shape index (κ1) is 14.6. The number of hydrogen-bond donors (Lipinski definition) is 3. The highest BCUT2D eigenvalue weighted by Gasteiger charge is 2.27. The number of pyridine rings is 1. The summed E-state index contributed by atoms with van der Waals surface area (Å²) in [5, 5.41) is 10.3. The summed E-state index contributed by atoms with van der Waals surface area (Å²) >= 11 is 0. The summed E-state index contributed by atoms with van der Waals surface area (Å²) in [5.41, 5.74) is 8.01. The topological polar surface area (TPSA) is 110 Å². The highest BCUT2D eigenvalue weighted by Crippen LogP contribution is 2.40. The highest BCUT2D eigenvalue weighted by molar-refractivity contribution is 6.06. The number of nitrogens with zero attached hydrogens (tertiary/aromatic N) is 3. The molecule has 7 nitrogen and oxygen atoms in total. The number of benzene rings is 1. The van der Waals surface area contributed by atoms with Crippen molar-refractivity contribution in [3.63, 3.8) is 0 Å². The molecule has 4 N–H and O–H groups in total. The zero-order valence-electron chi connectivity index (χ0n) is 13.3. The summed E-state index contributed by atoms with van der Waals surface area (Å²) in [7, 11) is 0. The Morgan fingerprint density at radius 1 is 1.33 bits per heavy atom. The Balaban J connectivity index is 1.68. The van der Waals surface area contributed by atoms with Crippen molar-refractivity contribution in [2.75, 3.05) is 5.73 Å². The van der Waals surface area contributed by atoms with E-state index in [1.54, 1.807) is 0 Å². The molecule has 4 rings (SSSR count). The molecule has 0 aliphatic heterocycles. The fraction of sp³-hybridized carbons (Fsp3) is 0.294. The number of amides is 1. The van der Waals surface area contributed by atoms with Crippen molar-refractivity contribution in [3.05, 3.63) is 47.4 Å². The van der Waals surface area contributed by atoms with Crippen molar-refractivity contribution in [1.82, 2.24) is 25.5 Å². The minimum absolute atomic E-state index is 0.155. The van der Waals surface area contributed by atoms with E-state index in [4.69, 9.17) is 10.7 Å². The SMILES string of the molecule is CC(NC(=O)c1cc(C2CC2)nc2ccccc12)c1nc(N)n[nH]1. The first-order valence-corrected chi connectivity index (χ1v) is 8.00. The molecule has 24 heavy (non-hydrogen) atoms. The Bertz CT molecular complexity index is 914. The van der Waals surface area contributed by atoms with Gasteiger partial charge < -0.3 is 11.1 Å². The number of nitrogen functional groups attached to an aromatic ring is 1. The molecule has 0 radical (unpaired) electrons. The van der Waals surface area contributed by atoms with Crippen molar-refractivity contribution in [2.24, 2.45) is 0 Å². The van der Waals surface area contributed by atoms with Crippen molar-refractivity contribution in [1.29, 1.82) is 0 Å². The number of nitrogens with two attached hydrogens (primary N) is 1. The molecule has 0 bridgehead atoms. The number of fused-ring (bicyclic) bond motifs is 1. The number of H-pyrrole nitrogens is 1. The number of para-hydroxylation sites is 1. The van der Waals surface area contributed by atoms with Crippen LogP contribution in [0.5, 0.6) is 0 Å². The van der Waals surface area contributed by atoms with Gasteiger partial charge in [-0.25, -0.2) is 0 Å².